The van der Waals surface area contributed by atoms with Crippen molar-refractivity contribution in [2.24, 2.45) is 23.2 Å². The van der Waals surface area contributed by atoms with Gasteiger partial charge in [-0.25, -0.2) is 0 Å². The maximum atomic E-state index is 13.6. The maximum absolute atomic E-state index is 13.6. The molecule has 1 saturated carbocycles. The van der Waals surface area contributed by atoms with Crippen LogP contribution in [0.25, 0.3) is 0 Å². The molecule has 4 aliphatic rings. The van der Waals surface area contributed by atoms with Crippen molar-refractivity contribution in [3.05, 3.63) is 90.2 Å². The van der Waals surface area contributed by atoms with Crippen LogP contribution in [0.2, 0.25) is 0 Å². The Labute approximate surface area is 142 Å². The number of amides is 1. The number of hydrogen-bond acceptors (Lipinski definition) is 1. The van der Waals surface area contributed by atoms with Crippen LogP contribution in [-0.4, -0.2) is 5.91 Å². The van der Waals surface area contributed by atoms with Gasteiger partial charge in [-0.05, 0) is 25.1 Å². The van der Waals surface area contributed by atoms with Crippen molar-refractivity contribution < 1.29 is 4.79 Å². The molecule has 5 rings (SSSR count). The summed E-state index contributed by atoms with van der Waals surface area (Å²) in [5, 5.41) is 0. The highest BCUT2D eigenvalue weighted by Crippen LogP contribution is 2.71. The highest BCUT2D eigenvalue weighted by atomic mass is 16.2. The van der Waals surface area contributed by atoms with Gasteiger partial charge in [0, 0.05) is 29.1 Å². The van der Waals surface area contributed by atoms with Crippen molar-refractivity contribution in [1.29, 1.82) is 0 Å². The molecular formula is C22H19NO. The van der Waals surface area contributed by atoms with Crippen LogP contribution in [0.1, 0.15) is 5.56 Å². The molecule has 2 fully saturated rings. The molecule has 0 bridgehead atoms. The number of nitrogens with zero attached hydrogens (tertiary/aromatic N) is 1. The number of rotatable bonds is 1. The van der Waals surface area contributed by atoms with Crippen LogP contribution < -0.4 is 4.90 Å². The summed E-state index contributed by atoms with van der Waals surface area (Å²) in [6.45, 7) is 2.07. The van der Waals surface area contributed by atoms with E-state index in [-0.39, 0.29) is 17.2 Å². The van der Waals surface area contributed by atoms with Crippen LogP contribution in [0, 0.1) is 30.1 Å². The van der Waals surface area contributed by atoms with Crippen molar-refractivity contribution in [2.75, 3.05) is 4.90 Å². The third-order valence-electron chi connectivity index (χ3n) is 5.88. The molecule has 0 N–H and O–H groups in total. The van der Waals surface area contributed by atoms with E-state index in [1.54, 1.807) is 0 Å². The summed E-state index contributed by atoms with van der Waals surface area (Å²) in [5.74, 6) is 1.03. The molecule has 3 atom stereocenters. The van der Waals surface area contributed by atoms with Gasteiger partial charge in [0.05, 0.1) is 5.41 Å². The Morgan fingerprint density at radius 1 is 0.875 bits per heavy atom. The molecule has 2 nitrogen and oxygen atoms in total. The summed E-state index contributed by atoms with van der Waals surface area (Å²) < 4.78 is 0. The van der Waals surface area contributed by atoms with E-state index in [0.29, 0.717) is 11.8 Å². The van der Waals surface area contributed by atoms with E-state index >= 15 is 0 Å². The van der Waals surface area contributed by atoms with Crippen LogP contribution in [0.4, 0.5) is 5.69 Å². The van der Waals surface area contributed by atoms with Crippen molar-refractivity contribution >= 4 is 11.6 Å². The van der Waals surface area contributed by atoms with Crippen LogP contribution >= 0.6 is 0 Å². The van der Waals surface area contributed by atoms with Crippen molar-refractivity contribution in [3.63, 3.8) is 0 Å². The molecule has 2 heteroatoms. The van der Waals surface area contributed by atoms with E-state index in [0.717, 1.165) is 11.4 Å². The van der Waals surface area contributed by atoms with Crippen molar-refractivity contribution in [3.8, 4) is 0 Å². The average molecular weight is 313 g/mol. The fourth-order valence-corrected chi connectivity index (χ4v) is 4.71. The Balaban J connectivity index is 1.68. The minimum atomic E-state index is -0.331. The van der Waals surface area contributed by atoms with Crippen molar-refractivity contribution in [1.82, 2.24) is 0 Å². The number of carbonyl (C=O) groups is 1. The maximum Gasteiger partial charge on any atom is 0.239 e. The summed E-state index contributed by atoms with van der Waals surface area (Å²) in [6.07, 6.45) is 19.1. The van der Waals surface area contributed by atoms with Gasteiger partial charge in [0.25, 0.3) is 0 Å². The highest BCUT2D eigenvalue weighted by Gasteiger charge is 2.75. The fourth-order valence-electron chi connectivity index (χ4n) is 4.71. The normalized spacial score (nSPS) is 35.0. The van der Waals surface area contributed by atoms with Crippen molar-refractivity contribution in [2.45, 2.75) is 6.92 Å². The first-order valence-corrected chi connectivity index (χ1v) is 8.56. The van der Waals surface area contributed by atoms with Gasteiger partial charge in [-0.2, -0.15) is 0 Å². The largest absolute Gasteiger partial charge is 0.284 e. The molecule has 3 aliphatic carbocycles. The summed E-state index contributed by atoms with van der Waals surface area (Å²) >= 11 is 0. The Bertz CT molecular complexity index is 848. The van der Waals surface area contributed by atoms with E-state index in [9.17, 15) is 4.79 Å². The molecule has 0 aromatic heterocycles. The Morgan fingerprint density at radius 3 is 2.25 bits per heavy atom. The third-order valence-corrected chi connectivity index (χ3v) is 5.88. The monoisotopic (exact) mass is 313 g/mol. The summed E-state index contributed by atoms with van der Waals surface area (Å²) in [5.41, 5.74) is 2.95. The second kappa shape index (κ2) is 4.70. The Hall–Kier alpha value is -2.61. The molecule has 1 aromatic carbocycles. The summed E-state index contributed by atoms with van der Waals surface area (Å²) in [7, 11) is 0. The molecule has 1 heterocycles. The van der Waals surface area contributed by atoms with Gasteiger partial charge in [0.2, 0.25) is 5.91 Å². The molecule has 118 valence electrons. The van der Waals surface area contributed by atoms with Gasteiger partial charge < -0.3 is 0 Å². The minimum Gasteiger partial charge on any atom is -0.284 e. The zero-order valence-electron chi connectivity index (χ0n) is 13.6. The van der Waals surface area contributed by atoms with E-state index in [2.05, 4.69) is 79.8 Å². The number of allylic oxidation sites excluding steroid dienone is 9. The molecule has 1 aliphatic heterocycles. The first kappa shape index (κ1) is 13.8. The lowest BCUT2D eigenvalue weighted by molar-refractivity contribution is -0.122. The quantitative estimate of drug-likeness (QED) is 0.756. The molecule has 1 spiro atoms. The lowest BCUT2D eigenvalue weighted by Gasteiger charge is -2.19. The second-order valence-corrected chi connectivity index (χ2v) is 7.07. The van der Waals surface area contributed by atoms with Gasteiger partial charge in [-0.15, -0.1) is 0 Å². The number of aryl methyl sites for hydroxylation is 1. The second-order valence-electron chi connectivity index (χ2n) is 7.07. The minimum absolute atomic E-state index is 0.142. The highest BCUT2D eigenvalue weighted by molar-refractivity contribution is 6.08. The Morgan fingerprint density at radius 2 is 1.54 bits per heavy atom. The number of benzene rings is 1. The van der Waals surface area contributed by atoms with Gasteiger partial charge in [-0.1, -0.05) is 66.3 Å². The first-order chi connectivity index (χ1) is 11.7. The predicted molar refractivity (Wildman–Crippen MR) is 96.2 cm³/mol. The smallest absolute Gasteiger partial charge is 0.239 e. The number of anilines is 1. The van der Waals surface area contributed by atoms with Crippen LogP contribution in [0.15, 0.2) is 84.6 Å². The molecule has 1 saturated heterocycles. The summed E-state index contributed by atoms with van der Waals surface area (Å²) in [6, 6.07) is 8.26. The number of hydrogen-bond donors (Lipinski definition) is 0. The zero-order chi connectivity index (χ0) is 16.3. The average Bonchev–Trinajstić information content (AvgIpc) is 3.27. The fraction of sp³-hybridized carbons (Fsp3) is 0.227. The predicted octanol–water partition coefficient (Wildman–Crippen LogP) is 4.33. The molecular weight excluding hydrogens is 294 g/mol. The zero-order valence-corrected chi connectivity index (χ0v) is 13.6. The molecule has 0 radical (unpaired) electrons. The van der Waals surface area contributed by atoms with E-state index < -0.39 is 0 Å². The van der Waals surface area contributed by atoms with Crippen LogP contribution in [0.3, 0.4) is 0 Å². The van der Waals surface area contributed by atoms with Gasteiger partial charge in [0.15, 0.2) is 0 Å². The molecule has 3 unspecified atom stereocenters. The standard InChI is InChI=1S/C22H19NO/c1-15-11-13-16(14-12-15)23-20-10-4-2-3-9-19(20)22(21(23)24)17-7-5-6-8-18(17)22/h2-14,17-19H,1H3. The van der Waals surface area contributed by atoms with E-state index in [1.165, 1.54) is 5.56 Å². The van der Waals surface area contributed by atoms with Crippen LogP contribution in [0.5, 0.6) is 0 Å². The number of carbonyl (C=O) groups excluding carboxylic acids is 1. The summed E-state index contributed by atoms with van der Waals surface area (Å²) in [4.78, 5) is 15.5. The lowest BCUT2D eigenvalue weighted by atomic mass is 9.86. The third kappa shape index (κ3) is 1.58. The van der Waals surface area contributed by atoms with Gasteiger partial charge in [0.1, 0.15) is 0 Å². The number of fused-ring (bicyclic) bond motifs is 5. The van der Waals surface area contributed by atoms with E-state index in [1.807, 2.05) is 11.0 Å². The first-order valence-electron chi connectivity index (χ1n) is 8.56. The Kier molecular flexibility index (Phi) is 2.70. The molecule has 1 amide bonds. The lowest BCUT2D eigenvalue weighted by Crippen LogP contribution is -2.28. The molecule has 24 heavy (non-hydrogen) atoms. The van der Waals surface area contributed by atoms with Gasteiger partial charge >= 0.3 is 0 Å². The molecule has 1 aromatic rings. The topological polar surface area (TPSA) is 20.3 Å². The van der Waals surface area contributed by atoms with Gasteiger partial charge in [-0.3, -0.25) is 9.69 Å². The van der Waals surface area contributed by atoms with Crippen LogP contribution in [-0.2, 0) is 4.79 Å². The van der Waals surface area contributed by atoms with E-state index in [4.69, 9.17) is 0 Å². The SMILES string of the molecule is Cc1ccc(N2C(=O)C3(C4C=CC=CC=C42)C2C=CC=CC23)cc1.